The molecule has 1 atom stereocenters. The van der Waals surface area contributed by atoms with Gasteiger partial charge in [0.15, 0.2) is 0 Å². The van der Waals surface area contributed by atoms with Crippen LogP contribution in [-0.4, -0.2) is 40.6 Å². The van der Waals surface area contributed by atoms with Gasteiger partial charge >= 0.3 is 0 Å². The van der Waals surface area contributed by atoms with Crippen molar-refractivity contribution in [1.29, 1.82) is 0 Å². The number of piperidine rings is 1. The van der Waals surface area contributed by atoms with Crippen LogP contribution in [0.3, 0.4) is 0 Å². The van der Waals surface area contributed by atoms with Crippen molar-refractivity contribution in [2.45, 2.75) is 44.9 Å². The monoisotopic (exact) mass is 341 g/mol. The van der Waals surface area contributed by atoms with E-state index in [1.807, 2.05) is 24.0 Å². The van der Waals surface area contributed by atoms with Gasteiger partial charge in [-0.25, -0.2) is 0 Å². The fourth-order valence-corrected chi connectivity index (χ4v) is 3.62. The average molecular weight is 341 g/mol. The summed E-state index contributed by atoms with van der Waals surface area (Å²) >= 11 is 0. The van der Waals surface area contributed by atoms with E-state index in [-0.39, 0.29) is 11.8 Å². The maximum atomic E-state index is 12.2. The van der Waals surface area contributed by atoms with E-state index >= 15 is 0 Å². The van der Waals surface area contributed by atoms with Crippen LogP contribution in [0.2, 0.25) is 0 Å². The van der Waals surface area contributed by atoms with E-state index in [4.69, 9.17) is 9.26 Å². The van der Waals surface area contributed by atoms with Gasteiger partial charge in [-0.05, 0) is 43.0 Å². The number of nitrogens with zero attached hydrogens (tertiary/aromatic N) is 3. The molecule has 2 aromatic rings. The van der Waals surface area contributed by atoms with Crippen molar-refractivity contribution < 1.29 is 14.1 Å². The summed E-state index contributed by atoms with van der Waals surface area (Å²) in [5.74, 6) is 2.56. The summed E-state index contributed by atoms with van der Waals surface area (Å²) in [4.78, 5) is 18.7. The van der Waals surface area contributed by atoms with Crippen molar-refractivity contribution in [2.75, 3.05) is 19.7 Å². The normalized spacial score (nSPS) is 19.6. The average Bonchev–Trinajstić information content (AvgIpc) is 3.31. The van der Waals surface area contributed by atoms with Gasteiger partial charge in [-0.1, -0.05) is 12.1 Å². The molecule has 6 nitrogen and oxygen atoms in total. The van der Waals surface area contributed by atoms with Crippen LogP contribution in [-0.2, 0) is 11.2 Å². The van der Waals surface area contributed by atoms with Crippen LogP contribution in [0.5, 0.6) is 5.75 Å². The molecule has 2 aliphatic rings. The van der Waals surface area contributed by atoms with Crippen molar-refractivity contribution in [1.82, 2.24) is 15.0 Å². The Kier molecular flexibility index (Phi) is 4.42. The van der Waals surface area contributed by atoms with Gasteiger partial charge in [0.25, 0.3) is 0 Å². The van der Waals surface area contributed by atoms with Gasteiger partial charge in [-0.3, -0.25) is 4.79 Å². The van der Waals surface area contributed by atoms with Crippen LogP contribution in [0.15, 0.2) is 22.7 Å². The Morgan fingerprint density at radius 2 is 2.32 bits per heavy atom. The van der Waals surface area contributed by atoms with Crippen molar-refractivity contribution in [3.63, 3.8) is 0 Å². The van der Waals surface area contributed by atoms with Crippen LogP contribution >= 0.6 is 0 Å². The van der Waals surface area contributed by atoms with Gasteiger partial charge in [0.05, 0.1) is 12.5 Å². The molecule has 0 spiro atoms. The van der Waals surface area contributed by atoms with Crippen molar-refractivity contribution in [3.8, 4) is 17.1 Å². The summed E-state index contributed by atoms with van der Waals surface area (Å²) in [6.07, 6.45) is 4.38. The van der Waals surface area contributed by atoms with Crippen LogP contribution in [0.4, 0.5) is 0 Å². The van der Waals surface area contributed by atoms with Gasteiger partial charge < -0.3 is 14.2 Å². The molecule has 0 saturated carbocycles. The third-order valence-electron chi connectivity index (χ3n) is 4.98. The number of rotatable bonds is 4. The predicted molar refractivity (Wildman–Crippen MR) is 92.4 cm³/mol. The standard InChI is InChI=1S/C19H23N3O3/c1-2-4-17(23)22-9-3-5-15(12-22)19-20-18(21-25-19)14-6-7-16-13(11-14)8-10-24-16/h6-7,11,15H,2-5,8-10,12H2,1H3/t15-/m0/s1. The van der Waals surface area contributed by atoms with E-state index in [1.54, 1.807) is 0 Å². The second kappa shape index (κ2) is 6.86. The fraction of sp³-hybridized carbons (Fsp3) is 0.526. The first kappa shape index (κ1) is 16.1. The quantitative estimate of drug-likeness (QED) is 0.854. The summed E-state index contributed by atoms with van der Waals surface area (Å²) in [6, 6.07) is 6.02. The number of amides is 1. The Bertz CT molecular complexity index is 771. The first-order valence-electron chi connectivity index (χ1n) is 9.12. The van der Waals surface area contributed by atoms with E-state index < -0.39 is 0 Å². The van der Waals surface area contributed by atoms with Crippen LogP contribution in [0.25, 0.3) is 11.4 Å². The molecule has 132 valence electrons. The number of fused-ring (bicyclic) bond motifs is 1. The Hall–Kier alpha value is -2.37. The zero-order valence-electron chi connectivity index (χ0n) is 14.5. The lowest BCUT2D eigenvalue weighted by Gasteiger charge is -2.31. The first-order chi connectivity index (χ1) is 12.2. The lowest BCUT2D eigenvalue weighted by atomic mass is 9.97. The second-order valence-corrected chi connectivity index (χ2v) is 6.81. The molecule has 1 aromatic carbocycles. The van der Waals surface area contributed by atoms with Gasteiger partial charge in [0, 0.05) is 31.5 Å². The lowest BCUT2D eigenvalue weighted by molar-refractivity contribution is -0.132. The molecule has 0 unspecified atom stereocenters. The molecule has 0 aliphatic carbocycles. The molecule has 2 aliphatic heterocycles. The minimum atomic E-state index is 0.133. The Morgan fingerprint density at radius 3 is 3.20 bits per heavy atom. The largest absolute Gasteiger partial charge is 0.493 e. The van der Waals surface area contributed by atoms with E-state index in [2.05, 4.69) is 16.2 Å². The van der Waals surface area contributed by atoms with Gasteiger partial charge in [0.2, 0.25) is 17.6 Å². The summed E-state index contributed by atoms with van der Waals surface area (Å²) in [7, 11) is 0. The molecule has 4 rings (SSSR count). The molecule has 0 N–H and O–H groups in total. The summed E-state index contributed by atoms with van der Waals surface area (Å²) in [5, 5.41) is 4.16. The maximum absolute atomic E-state index is 12.2. The van der Waals surface area contributed by atoms with Crippen LogP contribution in [0, 0.1) is 0 Å². The molecule has 1 fully saturated rings. The lowest BCUT2D eigenvalue weighted by Crippen LogP contribution is -2.39. The van der Waals surface area contributed by atoms with Gasteiger partial charge in [0.1, 0.15) is 5.75 Å². The zero-order chi connectivity index (χ0) is 17.2. The third kappa shape index (κ3) is 3.25. The topological polar surface area (TPSA) is 68.5 Å². The number of carbonyl (C=O) groups is 1. The number of hydrogen-bond donors (Lipinski definition) is 0. The van der Waals surface area contributed by atoms with E-state index in [1.165, 1.54) is 5.56 Å². The smallest absolute Gasteiger partial charge is 0.231 e. The second-order valence-electron chi connectivity index (χ2n) is 6.81. The minimum absolute atomic E-state index is 0.133. The summed E-state index contributed by atoms with van der Waals surface area (Å²) in [6.45, 7) is 4.28. The minimum Gasteiger partial charge on any atom is -0.493 e. The molecule has 1 aromatic heterocycles. The highest BCUT2D eigenvalue weighted by atomic mass is 16.5. The maximum Gasteiger partial charge on any atom is 0.231 e. The number of carbonyl (C=O) groups excluding carboxylic acids is 1. The molecule has 1 saturated heterocycles. The number of aromatic nitrogens is 2. The first-order valence-corrected chi connectivity index (χ1v) is 9.12. The van der Waals surface area contributed by atoms with E-state index in [9.17, 15) is 4.79 Å². The third-order valence-corrected chi connectivity index (χ3v) is 4.98. The Labute approximate surface area is 147 Å². The highest BCUT2D eigenvalue weighted by molar-refractivity contribution is 5.76. The number of benzene rings is 1. The fourth-order valence-electron chi connectivity index (χ4n) is 3.62. The Morgan fingerprint density at radius 1 is 1.40 bits per heavy atom. The van der Waals surface area contributed by atoms with E-state index in [0.29, 0.717) is 24.7 Å². The van der Waals surface area contributed by atoms with Crippen LogP contribution < -0.4 is 4.74 Å². The number of hydrogen-bond acceptors (Lipinski definition) is 5. The number of ether oxygens (including phenoxy) is 1. The van der Waals surface area contributed by atoms with Crippen LogP contribution in [0.1, 0.15) is 50.0 Å². The van der Waals surface area contributed by atoms with Crippen molar-refractivity contribution in [2.24, 2.45) is 0 Å². The van der Waals surface area contributed by atoms with E-state index in [0.717, 1.165) is 50.1 Å². The molecular formula is C19H23N3O3. The van der Waals surface area contributed by atoms with Gasteiger partial charge in [-0.15, -0.1) is 0 Å². The summed E-state index contributed by atoms with van der Waals surface area (Å²) < 4.78 is 11.1. The van der Waals surface area contributed by atoms with Gasteiger partial charge in [-0.2, -0.15) is 4.98 Å². The zero-order valence-corrected chi connectivity index (χ0v) is 14.5. The van der Waals surface area contributed by atoms with Crippen molar-refractivity contribution in [3.05, 3.63) is 29.7 Å². The summed E-state index contributed by atoms with van der Waals surface area (Å²) in [5.41, 5.74) is 2.15. The molecular weight excluding hydrogens is 318 g/mol. The SMILES string of the molecule is CCCC(=O)N1CCC[C@H](c2nc(-c3ccc4c(c3)CCO4)no2)C1. The molecule has 6 heteroatoms. The Balaban J connectivity index is 1.50. The highest BCUT2D eigenvalue weighted by Gasteiger charge is 2.28. The molecule has 0 bridgehead atoms. The molecule has 3 heterocycles. The molecule has 25 heavy (non-hydrogen) atoms. The highest BCUT2D eigenvalue weighted by Crippen LogP contribution is 2.31. The molecule has 1 amide bonds. The molecule has 0 radical (unpaired) electrons. The van der Waals surface area contributed by atoms with Crippen molar-refractivity contribution >= 4 is 5.91 Å². The number of likely N-dealkylation sites (tertiary alicyclic amines) is 1. The predicted octanol–water partition coefficient (Wildman–Crippen LogP) is 3.18.